The van der Waals surface area contributed by atoms with E-state index in [4.69, 9.17) is 4.74 Å². The molecule has 0 bridgehead atoms. The van der Waals surface area contributed by atoms with Crippen LogP contribution in [0, 0.1) is 6.92 Å². The van der Waals surface area contributed by atoms with Crippen molar-refractivity contribution in [2.24, 2.45) is 0 Å². The van der Waals surface area contributed by atoms with Gasteiger partial charge < -0.3 is 14.7 Å². The van der Waals surface area contributed by atoms with Crippen molar-refractivity contribution in [2.75, 3.05) is 39.4 Å². The lowest BCUT2D eigenvalue weighted by Crippen LogP contribution is -2.42. The molecular formula is C23H25N3O4. The lowest BCUT2D eigenvalue weighted by Gasteiger charge is -2.30. The molecule has 7 heteroatoms. The minimum atomic E-state index is -0.666. The van der Waals surface area contributed by atoms with E-state index >= 15 is 0 Å². The molecule has 4 rings (SSSR count). The molecule has 1 amide bonds. The largest absolute Gasteiger partial charge is 0.507 e. The van der Waals surface area contributed by atoms with Crippen molar-refractivity contribution in [3.8, 4) is 0 Å². The van der Waals surface area contributed by atoms with E-state index in [1.807, 2.05) is 25.1 Å². The molecule has 156 valence electrons. The number of aliphatic hydroxyl groups excluding tert-OH is 1. The molecule has 0 radical (unpaired) electrons. The van der Waals surface area contributed by atoms with Gasteiger partial charge >= 0.3 is 0 Å². The van der Waals surface area contributed by atoms with Gasteiger partial charge in [-0.1, -0.05) is 35.9 Å². The van der Waals surface area contributed by atoms with Gasteiger partial charge in [-0.25, -0.2) is 0 Å². The summed E-state index contributed by atoms with van der Waals surface area (Å²) in [5.41, 5.74) is 2.37. The van der Waals surface area contributed by atoms with Crippen molar-refractivity contribution >= 4 is 17.4 Å². The molecule has 2 aliphatic rings. The molecule has 3 heterocycles. The number of amides is 1. The summed E-state index contributed by atoms with van der Waals surface area (Å²) in [5.74, 6) is -1.41. The predicted molar refractivity (Wildman–Crippen MR) is 112 cm³/mol. The average Bonchev–Trinajstić information content (AvgIpc) is 3.04. The van der Waals surface area contributed by atoms with Crippen molar-refractivity contribution in [1.82, 2.24) is 14.8 Å². The summed E-state index contributed by atoms with van der Waals surface area (Å²) in [6.07, 6.45) is 3.28. The first-order valence-corrected chi connectivity index (χ1v) is 10.1. The van der Waals surface area contributed by atoms with Gasteiger partial charge in [0.15, 0.2) is 0 Å². The highest BCUT2D eigenvalue weighted by molar-refractivity contribution is 6.46. The molecule has 0 unspecified atom stereocenters. The number of nitrogens with zero attached hydrogens (tertiary/aromatic N) is 3. The zero-order valence-electron chi connectivity index (χ0n) is 17.0. The second-order valence-corrected chi connectivity index (χ2v) is 7.60. The zero-order chi connectivity index (χ0) is 21.1. The van der Waals surface area contributed by atoms with Crippen LogP contribution in [0.15, 0.2) is 54.4 Å². The normalized spacial score (nSPS) is 21.9. The number of hydrogen-bond donors (Lipinski definition) is 1. The maximum atomic E-state index is 13.0. The highest BCUT2D eigenvalue weighted by atomic mass is 16.5. The van der Waals surface area contributed by atoms with Crippen molar-refractivity contribution in [3.05, 3.63) is 71.1 Å². The molecule has 0 spiro atoms. The summed E-state index contributed by atoms with van der Waals surface area (Å²) in [6, 6.07) is 10.2. The van der Waals surface area contributed by atoms with E-state index in [1.165, 1.54) is 0 Å². The Kier molecular flexibility index (Phi) is 5.92. The van der Waals surface area contributed by atoms with E-state index in [2.05, 4.69) is 9.88 Å². The quantitative estimate of drug-likeness (QED) is 0.465. The van der Waals surface area contributed by atoms with E-state index in [-0.39, 0.29) is 11.3 Å². The monoisotopic (exact) mass is 407 g/mol. The number of pyridine rings is 1. The van der Waals surface area contributed by atoms with E-state index in [0.717, 1.165) is 18.7 Å². The summed E-state index contributed by atoms with van der Waals surface area (Å²) >= 11 is 0. The fourth-order valence-electron chi connectivity index (χ4n) is 3.94. The second-order valence-electron chi connectivity index (χ2n) is 7.60. The number of rotatable bonds is 5. The minimum absolute atomic E-state index is 0.110. The van der Waals surface area contributed by atoms with Crippen molar-refractivity contribution < 1.29 is 19.4 Å². The molecule has 1 N–H and O–H groups in total. The average molecular weight is 407 g/mol. The Hall–Kier alpha value is -3.03. The van der Waals surface area contributed by atoms with Crippen LogP contribution < -0.4 is 0 Å². The number of carbonyl (C=O) groups is 2. The molecule has 30 heavy (non-hydrogen) atoms. The number of Topliss-reactive ketones (excluding diaryl/α,β-unsaturated/α-hetero) is 1. The number of aliphatic hydroxyl groups is 1. The second kappa shape index (κ2) is 8.77. The fourth-order valence-corrected chi connectivity index (χ4v) is 3.94. The highest BCUT2D eigenvalue weighted by Gasteiger charge is 2.46. The van der Waals surface area contributed by atoms with E-state index in [9.17, 15) is 14.7 Å². The van der Waals surface area contributed by atoms with Crippen LogP contribution in [0.5, 0.6) is 0 Å². The maximum Gasteiger partial charge on any atom is 0.295 e. The molecule has 2 aliphatic heterocycles. The van der Waals surface area contributed by atoms with Crippen LogP contribution in [0.4, 0.5) is 0 Å². The summed E-state index contributed by atoms with van der Waals surface area (Å²) in [5, 5.41) is 11.0. The molecule has 1 atom stereocenters. The van der Waals surface area contributed by atoms with Crippen molar-refractivity contribution in [3.63, 3.8) is 0 Å². The Balaban J connectivity index is 1.71. The Morgan fingerprint density at radius 3 is 2.53 bits per heavy atom. The fraction of sp³-hybridized carbons (Fsp3) is 0.348. The van der Waals surface area contributed by atoms with Crippen LogP contribution in [0.25, 0.3) is 5.76 Å². The maximum absolute atomic E-state index is 13.0. The van der Waals surface area contributed by atoms with Gasteiger partial charge in [-0.2, -0.15) is 0 Å². The summed E-state index contributed by atoms with van der Waals surface area (Å²) in [6.45, 7) is 5.89. The SMILES string of the molecule is Cc1ccc(/C(O)=C2\C(=O)C(=O)N(CCN3CCOCC3)[C@@H]2c2cccnc2)cc1. The third-order valence-corrected chi connectivity index (χ3v) is 5.63. The standard InChI is InChI=1S/C23H25N3O4/c1-16-4-6-17(7-5-16)21(27)19-20(18-3-2-8-24-15-18)26(23(29)22(19)28)10-9-25-11-13-30-14-12-25/h2-8,15,20,27H,9-14H2,1H3/b21-19+/t20-/m1/s1. The Morgan fingerprint density at radius 2 is 1.87 bits per heavy atom. The van der Waals surface area contributed by atoms with Crippen LogP contribution in [-0.2, 0) is 14.3 Å². The summed E-state index contributed by atoms with van der Waals surface area (Å²) < 4.78 is 5.38. The van der Waals surface area contributed by atoms with Crippen LogP contribution >= 0.6 is 0 Å². The lowest BCUT2D eigenvalue weighted by molar-refractivity contribution is -0.140. The molecule has 2 aromatic rings. The molecule has 1 aromatic heterocycles. The van der Waals surface area contributed by atoms with Crippen LogP contribution in [0.2, 0.25) is 0 Å². The number of hydrogen-bond acceptors (Lipinski definition) is 6. The number of aromatic nitrogens is 1. The number of aryl methyl sites for hydroxylation is 1. The van der Waals surface area contributed by atoms with Gasteiger partial charge in [-0.15, -0.1) is 0 Å². The van der Waals surface area contributed by atoms with Crippen LogP contribution in [0.1, 0.15) is 22.7 Å². The zero-order valence-corrected chi connectivity index (χ0v) is 17.0. The van der Waals surface area contributed by atoms with Gasteiger partial charge in [-0.3, -0.25) is 19.5 Å². The molecule has 0 aliphatic carbocycles. The van der Waals surface area contributed by atoms with E-state index in [0.29, 0.717) is 37.4 Å². The van der Waals surface area contributed by atoms with Gasteiger partial charge in [-0.05, 0) is 18.6 Å². The number of benzene rings is 1. The first kappa shape index (κ1) is 20.3. The van der Waals surface area contributed by atoms with Gasteiger partial charge in [0.05, 0.1) is 24.8 Å². The number of ether oxygens (including phenoxy) is 1. The minimum Gasteiger partial charge on any atom is -0.507 e. The molecule has 2 fully saturated rings. The number of carbonyl (C=O) groups excluding carboxylic acids is 2. The predicted octanol–water partition coefficient (Wildman–Crippen LogP) is 2.14. The molecule has 1 aromatic carbocycles. The third-order valence-electron chi connectivity index (χ3n) is 5.63. The van der Waals surface area contributed by atoms with Crippen LogP contribution in [0.3, 0.4) is 0 Å². The number of likely N-dealkylation sites (tertiary alicyclic amines) is 1. The van der Waals surface area contributed by atoms with Gasteiger partial charge in [0.25, 0.3) is 11.7 Å². The topological polar surface area (TPSA) is 83.0 Å². The van der Waals surface area contributed by atoms with Gasteiger partial charge in [0.2, 0.25) is 0 Å². The molecule has 2 saturated heterocycles. The van der Waals surface area contributed by atoms with Gasteiger partial charge in [0, 0.05) is 44.1 Å². The molecule has 0 saturated carbocycles. The molecular weight excluding hydrogens is 382 g/mol. The molecule has 7 nitrogen and oxygen atoms in total. The first-order valence-electron chi connectivity index (χ1n) is 10.1. The first-order chi connectivity index (χ1) is 14.6. The lowest BCUT2D eigenvalue weighted by atomic mass is 9.96. The smallest absolute Gasteiger partial charge is 0.295 e. The van der Waals surface area contributed by atoms with Crippen LogP contribution in [-0.4, -0.2) is 71.0 Å². The number of morpholine rings is 1. The van der Waals surface area contributed by atoms with E-state index in [1.54, 1.807) is 35.5 Å². The summed E-state index contributed by atoms with van der Waals surface area (Å²) in [7, 11) is 0. The Bertz CT molecular complexity index is 950. The Morgan fingerprint density at radius 1 is 1.13 bits per heavy atom. The van der Waals surface area contributed by atoms with Crippen molar-refractivity contribution in [2.45, 2.75) is 13.0 Å². The Labute approximate surface area is 175 Å². The van der Waals surface area contributed by atoms with Gasteiger partial charge in [0.1, 0.15) is 5.76 Å². The highest BCUT2D eigenvalue weighted by Crippen LogP contribution is 2.38. The number of ketones is 1. The van der Waals surface area contributed by atoms with Crippen molar-refractivity contribution in [1.29, 1.82) is 0 Å². The third kappa shape index (κ3) is 3.99. The summed E-state index contributed by atoms with van der Waals surface area (Å²) in [4.78, 5) is 33.8. The van der Waals surface area contributed by atoms with E-state index < -0.39 is 17.7 Å².